The molecule has 1 saturated heterocycles. The molecule has 5 atom stereocenters. The number of carbonyl (C=O) groups excluding carboxylic acids is 5. The number of rotatable bonds is 5. The fraction of sp³-hybridized carbons (Fsp3) is 0.629. The van der Waals surface area contributed by atoms with Gasteiger partial charge in [0.05, 0.1) is 34.6 Å². The van der Waals surface area contributed by atoms with Gasteiger partial charge in [-0.3, -0.25) is 14.5 Å². The van der Waals surface area contributed by atoms with E-state index in [9.17, 15) is 36.8 Å². The fourth-order valence-electron chi connectivity index (χ4n) is 6.96. The number of nitrogens with one attached hydrogen (secondary N) is 2. The summed E-state index contributed by atoms with van der Waals surface area (Å²) in [6.07, 6.45) is 4.91. The summed E-state index contributed by atoms with van der Waals surface area (Å²) in [4.78, 5) is 70.7. The molecule has 0 unspecified atom stereocenters. The topological polar surface area (TPSA) is 183 Å². The number of allylic oxidation sites excluding steroid dienone is 1. The molecular weight excluding hydrogens is 708 g/mol. The molecule has 0 spiro atoms. The van der Waals surface area contributed by atoms with E-state index >= 15 is 0 Å². The summed E-state index contributed by atoms with van der Waals surface area (Å²) in [6.45, 7) is 4.99. The van der Waals surface area contributed by atoms with Gasteiger partial charge in [-0.05, 0) is 70.9 Å². The standard InChI is InChI=1S/C35H46FN5O9S.Na/c1-34(2,3)50-32(45)37-27-13-8-6-4-5-7-11-22-17-35(22,31(44)39-51(47,48)24-14-15-24)38-29(42)28-16-23(19-41(28)30(27)43)49-33(46)40-18-21-10-9-12-26(36)25(21)20-40;/h7,9-12,22-24,27-28H,4-6,8,13-20H2,1-3H3,(H3,37,38,39,42,44,45);/q;+1/p-1/b11-7+;/t22-,23-,27+,28+,35-;/m1./s1. The summed E-state index contributed by atoms with van der Waals surface area (Å²) >= 11 is 0. The molecule has 278 valence electrons. The Morgan fingerprint density at radius 2 is 1.83 bits per heavy atom. The van der Waals surface area contributed by atoms with Crippen LogP contribution in [0.2, 0.25) is 0 Å². The fourth-order valence-corrected chi connectivity index (χ4v) is 8.24. The largest absolute Gasteiger partial charge is 1.00 e. The van der Waals surface area contributed by atoms with Gasteiger partial charge in [0.2, 0.25) is 11.8 Å². The number of hydrogen-bond donors (Lipinski definition) is 2. The van der Waals surface area contributed by atoms with Crippen molar-refractivity contribution in [2.24, 2.45) is 5.92 Å². The van der Waals surface area contributed by atoms with Gasteiger partial charge in [-0.1, -0.05) is 37.1 Å². The van der Waals surface area contributed by atoms with Crippen LogP contribution < -0.4 is 40.2 Å². The van der Waals surface area contributed by atoms with E-state index in [1.807, 2.05) is 6.08 Å². The third-order valence-corrected chi connectivity index (χ3v) is 11.7. The van der Waals surface area contributed by atoms with E-state index in [2.05, 4.69) is 15.4 Å². The van der Waals surface area contributed by atoms with Gasteiger partial charge in [-0.15, -0.1) is 0 Å². The first-order chi connectivity index (χ1) is 24.1. The van der Waals surface area contributed by atoms with Crippen molar-refractivity contribution in [3.63, 3.8) is 0 Å². The molecule has 2 aliphatic carbocycles. The number of hydrogen-bond acceptors (Lipinski definition) is 9. The summed E-state index contributed by atoms with van der Waals surface area (Å²) < 4.78 is 54.6. The number of nitrogens with zero attached hydrogens (tertiary/aromatic N) is 3. The van der Waals surface area contributed by atoms with Gasteiger partial charge in [0.1, 0.15) is 29.6 Å². The van der Waals surface area contributed by atoms with Crippen LogP contribution in [0.25, 0.3) is 4.72 Å². The van der Waals surface area contributed by atoms with Gasteiger partial charge in [0.15, 0.2) is 0 Å². The Labute approximate surface area is 325 Å². The molecule has 0 bridgehead atoms. The number of carbonyl (C=O) groups is 5. The summed E-state index contributed by atoms with van der Waals surface area (Å²) in [5.41, 5.74) is -1.42. The smallest absolute Gasteiger partial charge is 0.544 e. The predicted octanol–water partition coefficient (Wildman–Crippen LogP) is 0.932. The van der Waals surface area contributed by atoms with Crippen molar-refractivity contribution in [3.8, 4) is 0 Å². The van der Waals surface area contributed by atoms with Gasteiger partial charge < -0.3 is 34.5 Å². The molecule has 6 rings (SSSR count). The molecule has 5 aliphatic rings. The van der Waals surface area contributed by atoms with E-state index in [1.54, 1.807) is 39.0 Å². The minimum Gasteiger partial charge on any atom is -0.544 e. The second kappa shape index (κ2) is 15.6. The summed E-state index contributed by atoms with van der Waals surface area (Å²) in [5.74, 6) is -3.25. The van der Waals surface area contributed by atoms with Crippen molar-refractivity contribution < 1.29 is 75.8 Å². The predicted molar refractivity (Wildman–Crippen MR) is 181 cm³/mol. The third kappa shape index (κ3) is 9.11. The first kappa shape index (κ1) is 40.0. The minimum absolute atomic E-state index is 0. The van der Waals surface area contributed by atoms with E-state index < -0.39 is 86.2 Å². The van der Waals surface area contributed by atoms with E-state index in [-0.39, 0.29) is 68.5 Å². The Hall–Kier alpha value is -3.21. The number of benzene rings is 1. The van der Waals surface area contributed by atoms with Crippen molar-refractivity contribution in [2.75, 3.05) is 6.54 Å². The van der Waals surface area contributed by atoms with Crippen LogP contribution in [0, 0.1) is 11.7 Å². The zero-order chi connectivity index (χ0) is 36.7. The van der Waals surface area contributed by atoms with E-state index in [1.165, 1.54) is 15.9 Å². The van der Waals surface area contributed by atoms with Crippen LogP contribution in [0.4, 0.5) is 14.0 Å². The van der Waals surface area contributed by atoms with Crippen molar-refractivity contribution >= 4 is 39.9 Å². The molecule has 3 aliphatic heterocycles. The molecule has 3 fully saturated rings. The molecule has 0 aromatic heterocycles. The second-order valence-electron chi connectivity index (χ2n) is 15.1. The molecule has 17 heteroatoms. The van der Waals surface area contributed by atoms with E-state index in [4.69, 9.17) is 9.47 Å². The van der Waals surface area contributed by atoms with Crippen LogP contribution in [0.3, 0.4) is 0 Å². The first-order valence-electron chi connectivity index (χ1n) is 17.6. The Kier molecular flexibility index (Phi) is 12.0. The first-order valence-corrected chi connectivity index (χ1v) is 19.1. The molecule has 1 aromatic carbocycles. The molecule has 1 aromatic rings. The average molecular weight is 754 g/mol. The second-order valence-corrected chi connectivity index (χ2v) is 17.0. The quantitative estimate of drug-likeness (QED) is 0.327. The Morgan fingerprint density at radius 1 is 1.08 bits per heavy atom. The Morgan fingerprint density at radius 3 is 2.52 bits per heavy atom. The third-order valence-electron chi connectivity index (χ3n) is 9.92. The number of fused-ring (bicyclic) bond motifs is 3. The summed E-state index contributed by atoms with van der Waals surface area (Å²) in [5, 5.41) is 4.70. The van der Waals surface area contributed by atoms with Crippen molar-refractivity contribution in [1.29, 1.82) is 0 Å². The van der Waals surface area contributed by atoms with Crippen LogP contribution in [-0.2, 0) is 47.0 Å². The molecule has 5 amide bonds. The monoisotopic (exact) mass is 753 g/mol. The van der Waals surface area contributed by atoms with Crippen LogP contribution >= 0.6 is 0 Å². The molecule has 0 radical (unpaired) electrons. The maximum atomic E-state index is 14.4. The van der Waals surface area contributed by atoms with Gasteiger partial charge >= 0.3 is 41.7 Å². The molecule has 2 N–H and O–H groups in total. The molecule has 3 heterocycles. The van der Waals surface area contributed by atoms with Crippen molar-refractivity contribution in [3.05, 3.63) is 52.0 Å². The van der Waals surface area contributed by atoms with Crippen LogP contribution in [0.5, 0.6) is 0 Å². The van der Waals surface area contributed by atoms with Gasteiger partial charge in [-0.25, -0.2) is 22.4 Å². The summed E-state index contributed by atoms with van der Waals surface area (Å²) in [6, 6.07) is 2.27. The Bertz CT molecular complexity index is 1730. The van der Waals surface area contributed by atoms with E-state index in [0.29, 0.717) is 43.2 Å². The number of ether oxygens (including phenoxy) is 2. The number of amides is 5. The van der Waals surface area contributed by atoms with Crippen molar-refractivity contribution in [2.45, 2.75) is 126 Å². The maximum absolute atomic E-state index is 14.4. The van der Waals surface area contributed by atoms with E-state index in [0.717, 1.165) is 6.42 Å². The number of sulfonamides is 1. The number of alkyl carbamates (subject to hydrolysis) is 1. The van der Waals surface area contributed by atoms with Crippen LogP contribution in [0.15, 0.2) is 30.4 Å². The van der Waals surface area contributed by atoms with Gasteiger partial charge in [-0.2, -0.15) is 0 Å². The molecule has 2 saturated carbocycles. The molecule has 52 heavy (non-hydrogen) atoms. The minimum atomic E-state index is -4.04. The van der Waals surface area contributed by atoms with Gasteiger partial charge in [0.25, 0.3) is 0 Å². The SMILES string of the molecule is CC(C)(C)OC(=O)N[C@H]1CCCCC/C=C/[C@@H]2C[C@@]2(C(=O)[N-]S(=O)(=O)C2CC2)NC(=O)[C@@H]2C[C@@H](OC(=O)N3Cc4cccc(F)c4C3)CN2C1=O.[Na+]. The van der Waals surface area contributed by atoms with Crippen molar-refractivity contribution in [1.82, 2.24) is 20.4 Å². The Balaban J connectivity index is 0.00000523. The van der Waals surface area contributed by atoms with Crippen LogP contribution in [-0.4, -0.2) is 89.2 Å². The zero-order valence-electron chi connectivity index (χ0n) is 30.1. The normalized spacial score (nSPS) is 28.4. The molecule has 14 nitrogen and oxygen atoms in total. The summed E-state index contributed by atoms with van der Waals surface area (Å²) in [7, 11) is -4.04. The number of halogens is 1. The maximum Gasteiger partial charge on any atom is 1.00 e. The van der Waals surface area contributed by atoms with Gasteiger partial charge in [0, 0.05) is 29.7 Å². The zero-order valence-corrected chi connectivity index (χ0v) is 32.9. The molecular formula is C35H45FN5NaO9S. The van der Waals surface area contributed by atoms with Crippen LogP contribution in [0.1, 0.15) is 89.7 Å². The average Bonchev–Trinajstić information content (AvgIpc) is 3.93.